The maximum atomic E-state index is 12.1. The molecule has 1 aromatic heterocycles. The zero-order valence-corrected chi connectivity index (χ0v) is 17.4. The third kappa shape index (κ3) is 6.95. The summed E-state index contributed by atoms with van der Waals surface area (Å²) in [6, 6.07) is 0. The summed E-state index contributed by atoms with van der Waals surface area (Å²) >= 11 is 0. The smallest absolute Gasteiger partial charge is 0.410 e. The topological polar surface area (TPSA) is 47.4 Å². The Morgan fingerprint density at radius 3 is 2.52 bits per heavy atom. The Kier molecular flexibility index (Phi) is 5.99. The van der Waals surface area contributed by atoms with E-state index in [9.17, 15) is 4.79 Å². The van der Waals surface area contributed by atoms with Crippen molar-refractivity contribution in [2.45, 2.75) is 65.4 Å². The van der Waals surface area contributed by atoms with E-state index in [1.165, 1.54) is 0 Å². The van der Waals surface area contributed by atoms with Crippen LogP contribution in [0.3, 0.4) is 0 Å². The van der Waals surface area contributed by atoms with Gasteiger partial charge in [-0.25, -0.2) is 4.79 Å². The van der Waals surface area contributed by atoms with Gasteiger partial charge in [-0.2, -0.15) is 5.10 Å². The lowest BCUT2D eigenvalue weighted by molar-refractivity contribution is 0.0177. The van der Waals surface area contributed by atoms with E-state index >= 15 is 0 Å². The standard InChI is InChI=1S/C19H31N3O2Si/c1-19(2,3)24-18(23)21-10-7-16(8-11-21)14-22-15-17(13-20-22)9-12-25(4,5)6/h13,15-16H,7-8,10-11,14H2,1-6H3. The molecule has 1 aliphatic rings. The second-order valence-corrected chi connectivity index (χ2v) is 13.6. The fourth-order valence-corrected chi connectivity index (χ4v) is 3.20. The van der Waals surface area contributed by atoms with E-state index in [1.54, 1.807) is 0 Å². The minimum Gasteiger partial charge on any atom is -0.444 e. The van der Waals surface area contributed by atoms with Crippen LogP contribution in [0.4, 0.5) is 4.79 Å². The van der Waals surface area contributed by atoms with Crippen LogP contribution in [-0.4, -0.2) is 47.5 Å². The summed E-state index contributed by atoms with van der Waals surface area (Å²) in [6.45, 7) is 14.8. The van der Waals surface area contributed by atoms with Crippen LogP contribution >= 0.6 is 0 Å². The Hall–Kier alpha value is -1.74. The van der Waals surface area contributed by atoms with Crippen molar-refractivity contribution in [3.63, 3.8) is 0 Å². The summed E-state index contributed by atoms with van der Waals surface area (Å²) < 4.78 is 7.43. The SMILES string of the molecule is CC(C)(C)OC(=O)N1CCC(Cn2cc(C#C[Si](C)(C)C)cn2)CC1. The summed E-state index contributed by atoms with van der Waals surface area (Å²) in [4.78, 5) is 13.9. The average molecular weight is 362 g/mol. The first-order chi connectivity index (χ1) is 11.5. The first kappa shape index (κ1) is 19.6. The van der Waals surface area contributed by atoms with Gasteiger partial charge in [0, 0.05) is 25.8 Å². The van der Waals surface area contributed by atoms with Crippen LogP contribution in [0.25, 0.3) is 0 Å². The van der Waals surface area contributed by atoms with Gasteiger partial charge in [0.1, 0.15) is 13.7 Å². The van der Waals surface area contributed by atoms with E-state index < -0.39 is 13.7 Å². The van der Waals surface area contributed by atoms with Crippen LogP contribution in [0.1, 0.15) is 39.2 Å². The molecule has 1 aromatic rings. The van der Waals surface area contributed by atoms with Crippen molar-refractivity contribution in [1.29, 1.82) is 0 Å². The van der Waals surface area contributed by atoms with Crippen molar-refractivity contribution in [2.24, 2.45) is 5.92 Å². The van der Waals surface area contributed by atoms with Gasteiger partial charge in [-0.05, 0) is 39.5 Å². The Balaban J connectivity index is 1.83. The molecule has 0 spiro atoms. The van der Waals surface area contributed by atoms with Gasteiger partial charge in [0.25, 0.3) is 0 Å². The average Bonchev–Trinajstić information content (AvgIpc) is 2.91. The number of hydrogen-bond donors (Lipinski definition) is 0. The number of amides is 1. The molecule has 1 aliphatic heterocycles. The predicted molar refractivity (Wildman–Crippen MR) is 103 cm³/mol. The van der Waals surface area contributed by atoms with Crippen LogP contribution in [0.2, 0.25) is 19.6 Å². The molecule has 0 unspecified atom stereocenters. The van der Waals surface area contributed by atoms with Gasteiger partial charge in [0.05, 0.1) is 11.8 Å². The summed E-state index contributed by atoms with van der Waals surface area (Å²) in [7, 11) is -1.36. The fourth-order valence-electron chi connectivity index (χ4n) is 2.68. The minimum absolute atomic E-state index is 0.200. The van der Waals surface area contributed by atoms with Gasteiger partial charge < -0.3 is 9.64 Å². The van der Waals surface area contributed by atoms with E-state index in [1.807, 2.05) is 42.7 Å². The predicted octanol–water partition coefficient (Wildman–Crippen LogP) is 3.76. The normalized spacial score (nSPS) is 16.3. The maximum absolute atomic E-state index is 12.1. The zero-order valence-electron chi connectivity index (χ0n) is 16.4. The van der Waals surface area contributed by atoms with Crippen molar-refractivity contribution >= 4 is 14.2 Å². The van der Waals surface area contributed by atoms with E-state index in [0.717, 1.165) is 38.0 Å². The molecule has 5 nitrogen and oxygen atoms in total. The Labute approximate surface area is 152 Å². The molecule has 0 aliphatic carbocycles. The molecule has 0 atom stereocenters. The second-order valence-electron chi connectivity index (χ2n) is 8.86. The number of hydrogen-bond acceptors (Lipinski definition) is 3. The Morgan fingerprint density at radius 1 is 1.32 bits per heavy atom. The number of ether oxygens (including phenoxy) is 1. The molecule has 0 aromatic carbocycles. The van der Waals surface area contributed by atoms with Crippen molar-refractivity contribution in [1.82, 2.24) is 14.7 Å². The van der Waals surface area contributed by atoms with Crippen molar-refractivity contribution < 1.29 is 9.53 Å². The first-order valence-electron chi connectivity index (χ1n) is 9.05. The van der Waals surface area contributed by atoms with Gasteiger partial charge in [0.15, 0.2) is 0 Å². The zero-order chi connectivity index (χ0) is 18.7. The molecule has 138 valence electrons. The summed E-state index contributed by atoms with van der Waals surface area (Å²) in [6.07, 6.45) is 5.65. The van der Waals surface area contributed by atoms with E-state index in [-0.39, 0.29) is 6.09 Å². The monoisotopic (exact) mass is 361 g/mol. The quantitative estimate of drug-likeness (QED) is 0.595. The lowest BCUT2D eigenvalue weighted by Gasteiger charge is -2.33. The van der Waals surface area contributed by atoms with E-state index in [4.69, 9.17) is 4.74 Å². The lowest BCUT2D eigenvalue weighted by atomic mass is 9.97. The number of rotatable bonds is 2. The number of likely N-dealkylation sites (tertiary alicyclic amines) is 1. The Bertz CT molecular complexity index is 651. The summed E-state index contributed by atoms with van der Waals surface area (Å²) in [5.41, 5.74) is 3.93. The Morgan fingerprint density at radius 2 is 1.96 bits per heavy atom. The van der Waals surface area contributed by atoms with Gasteiger partial charge >= 0.3 is 6.09 Å². The highest BCUT2D eigenvalue weighted by atomic mass is 28.3. The molecule has 0 radical (unpaired) electrons. The van der Waals surface area contributed by atoms with Crippen LogP contribution in [-0.2, 0) is 11.3 Å². The van der Waals surface area contributed by atoms with Gasteiger partial charge in [0.2, 0.25) is 0 Å². The van der Waals surface area contributed by atoms with Gasteiger partial charge in [-0.1, -0.05) is 25.6 Å². The number of carbonyl (C=O) groups is 1. The molecule has 1 fully saturated rings. The molecule has 0 saturated carbocycles. The molecule has 6 heteroatoms. The highest BCUT2D eigenvalue weighted by Crippen LogP contribution is 2.21. The van der Waals surface area contributed by atoms with Crippen LogP contribution in [0.15, 0.2) is 12.4 Å². The molecule has 1 saturated heterocycles. The van der Waals surface area contributed by atoms with Crippen molar-refractivity contribution in [2.75, 3.05) is 13.1 Å². The van der Waals surface area contributed by atoms with Crippen LogP contribution < -0.4 is 0 Å². The highest BCUT2D eigenvalue weighted by molar-refractivity contribution is 6.83. The maximum Gasteiger partial charge on any atom is 0.410 e. The van der Waals surface area contributed by atoms with Crippen LogP contribution in [0.5, 0.6) is 0 Å². The van der Waals surface area contributed by atoms with Gasteiger partial charge in [-0.15, -0.1) is 5.54 Å². The molecule has 0 bridgehead atoms. The van der Waals surface area contributed by atoms with Crippen LogP contribution in [0, 0.1) is 17.4 Å². The number of piperidine rings is 1. The highest BCUT2D eigenvalue weighted by Gasteiger charge is 2.27. The lowest BCUT2D eigenvalue weighted by Crippen LogP contribution is -2.42. The molecule has 2 heterocycles. The molecular formula is C19H31N3O2Si. The first-order valence-corrected chi connectivity index (χ1v) is 12.6. The minimum atomic E-state index is -1.36. The number of carbonyl (C=O) groups excluding carboxylic acids is 1. The van der Waals surface area contributed by atoms with Crippen molar-refractivity contribution in [3.05, 3.63) is 18.0 Å². The molecule has 2 rings (SSSR count). The fraction of sp³-hybridized carbons (Fsp3) is 0.684. The number of aromatic nitrogens is 2. The summed E-state index contributed by atoms with van der Waals surface area (Å²) in [5, 5.41) is 4.44. The largest absolute Gasteiger partial charge is 0.444 e. The molecule has 25 heavy (non-hydrogen) atoms. The summed E-state index contributed by atoms with van der Waals surface area (Å²) in [5.74, 6) is 3.78. The molecular weight excluding hydrogens is 330 g/mol. The van der Waals surface area contributed by atoms with Gasteiger partial charge in [-0.3, -0.25) is 4.68 Å². The molecule has 0 N–H and O–H groups in total. The molecule has 1 amide bonds. The van der Waals surface area contributed by atoms with Crippen molar-refractivity contribution in [3.8, 4) is 11.5 Å². The van der Waals surface area contributed by atoms with E-state index in [2.05, 4.69) is 36.2 Å². The third-order valence-corrected chi connectivity index (χ3v) is 4.80. The third-order valence-electron chi connectivity index (χ3n) is 3.93. The number of nitrogens with zero attached hydrogens (tertiary/aromatic N) is 3. The van der Waals surface area contributed by atoms with E-state index in [0.29, 0.717) is 5.92 Å². The second kappa shape index (κ2) is 7.65.